The van der Waals surface area contributed by atoms with Gasteiger partial charge in [0.2, 0.25) is 0 Å². The first-order chi connectivity index (χ1) is 8.08. The van der Waals surface area contributed by atoms with Gasteiger partial charge in [0.15, 0.2) is 0 Å². The first-order valence-electron chi connectivity index (χ1n) is 5.30. The molecular weight excluding hydrogens is 224 g/mol. The summed E-state index contributed by atoms with van der Waals surface area (Å²) in [6.07, 6.45) is 3.54. The molecule has 0 atom stereocenters. The first-order valence-corrected chi connectivity index (χ1v) is 5.30. The predicted molar refractivity (Wildman–Crippen MR) is 60.6 cm³/mol. The van der Waals surface area contributed by atoms with Gasteiger partial charge in [-0.3, -0.25) is 9.48 Å². The van der Waals surface area contributed by atoms with Crippen molar-refractivity contribution in [2.45, 2.75) is 19.9 Å². The molecule has 0 saturated carbocycles. The Bertz CT molecular complexity index is 389. The van der Waals surface area contributed by atoms with E-state index in [1.165, 1.54) is 0 Å². The van der Waals surface area contributed by atoms with Crippen LogP contribution >= 0.6 is 0 Å². The van der Waals surface area contributed by atoms with Crippen molar-refractivity contribution in [2.24, 2.45) is 0 Å². The van der Waals surface area contributed by atoms with Gasteiger partial charge in [0.05, 0.1) is 19.2 Å². The van der Waals surface area contributed by atoms with Gasteiger partial charge >= 0.3 is 12.0 Å². The van der Waals surface area contributed by atoms with Crippen LogP contribution in [-0.2, 0) is 11.3 Å². The highest BCUT2D eigenvalue weighted by atomic mass is 16.4. The molecule has 0 unspecified atom stereocenters. The molecule has 7 heteroatoms. The summed E-state index contributed by atoms with van der Waals surface area (Å²) in [6.45, 7) is 3.10. The van der Waals surface area contributed by atoms with E-state index in [1.54, 1.807) is 10.9 Å². The molecule has 94 valence electrons. The fourth-order valence-electron chi connectivity index (χ4n) is 1.22. The lowest BCUT2D eigenvalue weighted by atomic mass is 10.4. The molecule has 1 aromatic heterocycles. The maximum Gasteiger partial charge on any atom is 0.314 e. The van der Waals surface area contributed by atoms with Crippen LogP contribution in [0, 0.1) is 6.92 Å². The predicted octanol–water partition coefficient (Wildman–Crippen LogP) is -0.0346. The molecule has 0 saturated heterocycles. The number of aromatic nitrogens is 2. The monoisotopic (exact) mass is 240 g/mol. The molecule has 0 fully saturated rings. The summed E-state index contributed by atoms with van der Waals surface area (Å²) in [5, 5.41) is 17.5. The van der Waals surface area contributed by atoms with Gasteiger partial charge in [0.1, 0.15) is 0 Å². The zero-order valence-electron chi connectivity index (χ0n) is 9.64. The van der Waals surface area contributed by atoms with E-state index in [9.17, 15) is 9.59 Å². The Hall–Kier alpha value is -2.05. The zero-order valence-corrected chi connectivity index (χ0v) is 9.64. The van der Waals surface area contributed by atoms with E-state index in [2.05, 4.69) is 15.7 Å². The topological polar surface area (TPSA) is 96.3 Å². The molecule has 0 aliphatic carbocycles. The van der Waals surface area contributed by atoms with E-state index in [-0.39, 0.29) is 19.0 Å². The van der Waals surface area contributed by atoms with Crippen molar-refractivity contribution in [1.82, 2.24) is 20.4 Å². The van der Waals surface area contributed by atoms with Crippen molar-refractivity contribution in [1.29, 1.82) is 0 Å². The third kappa shape index (κ3) is 5.55. The number of nitrogens with one attached hydrogen (secondary N) is 2. The van der Waals surface area contributed by atoms with E-state index in [0.717, 1.165) is 5.56 Å². The van der Waals surface area contributed by atoms with E-state index in [1.807, 2.05) is 13.1 Å². The molecule has 1 aromatic rings. The van der Waals surface area contributed by atoms with Crippen LogP contribution < -0.4 is 10.6 Å². The fraction of sp³-hybridized carbons (Fsp3) is 0.500. The van der Waals surface area contributed by atoms with Crippen molar-refractivity contribution in [2.75, 3.05) is 13.1 Å². The second kappa shape index (κ2) is 6.51. The first kappa shape index (κ1) is 13.0. The van der Waals surface area contributed by atoms with Crippen molar-refractivity contribution >= 4 is 12.0 Å². The zero-order chi connectivity index (χ0) is 12.7. The Labute approximate surface area is 98.8 Å². The molecule has 0 spiro atoms. The van der Waals surface area contributed by atoms with Crippen molar-refractivity contribution in [3.05, 3.63) is 18.0 Å². The number of urea groups is 1. The second-order valence-electron chi connectivity index (χ2n) is 3.61. The Morgan fingerprint density at radius 1 is 1.41 bits per heavy atom. The SMILES string of the molecule is Cc1cnn(CCNC(=O)NCCC(=O)O)c1. The summed E-state index contributed by atoms with van der Waals surface area (Å²) in [6, 6.07) is -0.366. The van der Waals surface area contributed by atoms with Crippen LogP contribution in [0.4, 0.5) is 4.79 Å². The van der Waals surface area contributed by atoms with Gasteiger partial charge < -0.3 is 15.7 Å². The molecule has 1 heterocycles. The van der Waals surface area contributed by atoms with Crippen molar-refractivity contribution in [3.8, 4) is 0 Å². The van der Waals surface area contributed by atoms with Crippen LogP contribution in [0.1, 0.15) is 12.0 Å². The Morgan fingerprint density at radius 3 is 2.71 bits per heavy atom. The Kier molecular flexibility index (Phi) is 4.99. The van der Waals surface area contributed by atoms with Crippen LogP contribution in [0.15, 0.2) is 12.4 Å². The molecule has 1 rings (SSSR count). The minimum atomic E-state index is -0.933. The van der Waals surface area contributed by atoms with Gasteiger partial charge in [0, 0.05) is 19.3 Å². The molecule has 2 amide bonds. The maximum absolute atomic E-state index is 11.2. The van der Waals surface area contributed by atoms with Crippen LogP contribution in [0.5, 0.6) is 0 Å². The smallest absolute Gasteiger partial charge is 0.314 e. The number of aliphatic carboxylic acids is 1. The number of hydrogen-bond acceptors (Lipinski definition) is 3. The average Bonchev–Trinajstić information content (AvgIpc) is 2.63. The number of hydrogen-bond donors (Lipinski definition) is 3. The van der Waals surface area contributed by atoms with Crippen molar-refractivity contribution in [3.63, 3.8) is 0 Å². The lowest BCUT2D eigenvalue weighted by molar-refractivity contribution is -0.136. The minimum Gasteiger partial charge on any atom is -0.481 e. The number of nitrogens with zero attached hydrogens (tertiary/aromatic N) is 2. The summed E-state index contributed by atoms with van der Waals surface area (Å²) >= 11 is 0. The number of carbonyl (C=O) groups excluding carboxylic acids is 1. The van der Waals surface area contributed by atoms with Gasteiger partial charge in [-0.15, -0.1) is 0 Å². The summed E-state index contributed by atoms with van der Waals surface area (Å²) < 4.78 is 1.73. The maximum atomic E-state index is 11.2. The average molecular weight is 240 g/mol. The third-order valence-electron chi connectivity index (χ3n) is 2.01. The highest BCUT2D eigenvalue weighted by Gasteiger charge is 2.01. The number of carbonyl (C=O) groups is 2. The summed E-state index contributed by atoms with van der Waals surface area (Å²) in [5.74, 6) is -0.933. The molecule has 0 bridgehead atoms. The van der Waals surface area contributed by atoms with Crippen LogP contribution in [0.25, 0.3) is 0 Å². The molecule has 7 nitrogen and oxygen atoms in total. The number of aryl methyl sites for hydroxylation is 1. The Balaban J connectivity index is 2.10. The van der Waals surface area contributed by atoms with Crippen LogP contribution in [0.3, 0.4) is 0 Å². The number of amides is 2. The summed E-state index contributed by atoms with van der Waals surface area (Å²) in [7, 11) is 0. The molecule has 0 aromatic carbocycles. The van der Waals surface area contributed by atoms with Crippen LogP contribution in [-0.4, -0.2) is 40.0 Å². The lowest BCUT2D eigenvalue weighted by Gasteiger charge is -2.06. The molecule has 0 aliphatic rings. The van der Waals surface area contributed by atoms with E-state index >= 15 is 0 Å². The molecule has 3 N–H and O–H groups in total. The fourth-order valence-corrected chi connectivity index (χ4v) is 1.22. The highest BCUT2D eigenvalue weighted by molar-refractivity contribution is 5.74. The van der Waals surface area contributed by atoms with E-state index in [4.69, 9.17) is 5.11 Å². The van der Waals surface area contributed by atoms with Gasteiger partial charge in [-0.1, -0.05) is 0 Å². The van der Waals surface area contributed by atoms with E-state index < -0.39 is 5.97 Å². The van der Waals surface area contributed by atoms with Gasteiger partial charge in [-0.25, -0.2) is 4.79 Å². The largest absolute Gasteiger partial charge is 0.481 e. The number of rotatable bonds is 6. The standard InChI is InChI=1S/C10H16N4O3/c1-8-6-13-14(7-8)5-4-12-10(17)11-3-2-9(15)16/h6-7H,2-5H2,1H3,(H,15,16)(H2,11,12,17). The minimum absolute atomic E-state index is 0.0776. The third-order valence-corrected chi connectivity index (χ3v) is 2.01. The van der Waals surface area contributed by atoms with Crippen LogP contribution in [0.2, 0.25) is 0 Å². The molecule has 0 radical (unpaired) electrons. The second-order valence-corrected chi connectivity index (χ2v) is 3.61. The quantitative estimate of drug-likeness (QED) is 0.650. The number of carboxylic acid groups (broad SMARTS) is 1. The molecule has 17 heavy (non-hydrogen) atoms. The van der Waals surface area contributed by atoms with Crippen molar-refractivity contribution < 1.29 is 14.7 Å². The number of carboxylic acids is 1. The van der Waals surface area contributed by atoms with Gasteiger partial charge in [-0.05, 0) is 12.5 Å². The van der Waals surface area contributed by atoms with Gasteiger partial charge in [0.25, 0.3) is 0 Å². The van der Waals surface area contributed by atoms with Gasteiger partial charge in [-0.2, -0.15) is 5.10 Å². The molecular formula is C10H16N4O3. The highest BCUT2D eigenvalue weighted by Crippen LogP contribution is 1.92. The van der Waals surface area contributed by atoms with E-state index in [0.29, 0.717) is 13.1 Å². The molecule has 0 aliphatic heterocycles. The normalized spacial score (nSPS) is 9.94. The summed E-state index contributed by atoms with van der Waals surface area (Å²) in [5.41, 5.74) is 1.07. The summed E-state index contributed by atoms with van der Waals surface area (Å²) in [4.78, 5) is 21.4. The lowest BCUT2D eigenvalue weighted by Crippen LogP contribution is -2.38. The Morgan fingerprint density at radius 2 is 2.12 bits per heavy atom.